The summed E-state index contributed by atoms with van der Waals surface area (Å²) in [4.78, 5) is 32.5. The normalized spacial score (nSPS) is 15.9. The molecular weight excluding hydrogens is 719 g/mol. The third-order valence-corrected chi connectivity index (χ3v) is 12.4. The minimum atomic E-state index is -0.0932. The number of amides is 2. The van der Waals surface area contributed by atoms with Crippen LogP contribution < -0.4 is 9.64 Å². The number of carbonyl (C=O) groups is 2. The van der Waals surface area contributed by atoms with Crippen LogP contribution in [0.2, 0.25) is 10.0 Å². The van der Waals surface area contributed by atoms with Crippen LogP contribution in [0, 0.1) is 27.7 Å². The lowest BCUT2D eigenvalue weighted by atomic mass is 9.98. The molecule has 0 aliphatic carbocycles. The summed E-state index contributed by atoms with van der Waals surface area (Å²) >= 11 is 13.6. The standard InChI is InChI=1S/C43H46Cl2N6O3/c1-24-19-30(20-25(2)39(24)45)54-18-10-11-31-32-13-14-34(44)38(37-27(4)46-48(7)28(37)5)40(32)51-26(3)22-50(43(53)41(31)51)36-23-47(6)35-15-12-29(21-33(35)36)42(52)49-16-8-9-17-49/h12-15,19-21,23,26H,8-11,16-18,22H2,1-7H3/t26-/m1/s1. The van der Waals surface area contributed by atoms with E-state index < -0.39 is 0 Å². The number of anilines is 1. The van der Waals surface area contributed by atoms with Crippen molar-refractivity contribution in [2.45, 2.75) is 66.3 Å². The van der Waals surface area contributed by atoms with Crippen LogP contribution in [-0.4, -0.2) is 61.9 Å². The van der Waals surface area contributed by atoms with Gasteiger partial charge in [-0.05, 0) is 113 Å². The summed E-state index contributed by atoms with van der Waals surface area (Å²) in [6, 6.07) is 13.7. The van der Waals surface area contributed by atoms with Crippen LogP contribution in [0.1, 0.15) is 81.2 Å². The number of carbonyl (C=O) groups excluding carboxylic acids is 2. The third-order valence-electron chi connectivity index (χ3n) is 11.5. The van der Waals surface area contributed by atoms with Crippen molar-refractivity contribution < 1.29 is 14.3 Å². The van der Waals surface area contributed by atoms with Gasteiger partial charge < -0.3 is 23.7 Å². The lowest BCUT2D eigenvalue weighted by Crippen LogP contribution is -2.42. The van der Waals surface area contributed by atoms with Gasteiger partial charge in [-0.1, -0.05) is 29.3 Å². The van der Waals surface area contributed by atoms with E-state index in [1.165, 1.54) is 0 Å². The van der Waals surface area contributed by atoms with Gasteiger partial charge in [-0.25, -0.2) is 0 Å². The zero-order chi connectivity index (χ0) is 38.2. The predicted molar refractivity (Wildman–Crippen MR) is 218 cm³/mol. The van der Waals surface area contributed by atoms with Gasteiger partial charge in [0.15, 0.2) is 0 Å². The van der Waals surface area contributed by atoms with E-state index in [-0.39, 0.29) is 17.9 Å². The lowest BCUT2D eigenvalue weighted by Gasteiger charge is -2.34. The molecular formula is C43H46Cl2N6O3. The minimum Gasteiger partial charge on any atom is -0.494 e. The van der Waals surface area contributed by atoms with Gasteiger partial charge in [0.05, 0.1) is 28.5 Å². The summed E-state index contributed by atoms with van der Waals surface area (Å²) in [6.45, 7) is 12.7. The zero-order valence-corrected chi connectivity index (χ0v) is 33.5. The molecule has 0 spiro atoms. The molecule has 3 aromatic heterocycles. The van der Waals surface area contributed by atoms with Gasteiger partial charge in [0, 0.05) is 89.7 Å². The number of hydrogen-bond donors (Lipinski definition) is 0. The van der Waals surface area contributed by atoms with Gasteiger partial charge in [0.2, 0.25) is 0 Å². The Kier molecular flexibility index (Phi) is 9.29. The molecule has 0 N–H and O–H groups in total. The SMILES string of the molecule is Cc1cc(OCCCc2c3n(c4c(-c5c(C)nn(C)c5C)c(Cl)ccc24)[C@H](C)CN(c2cn(C)c4ccc(C(=O)N5CCCC5)cc24)C3=O)cc(C)c1Cl. The Balaban J connectivity index is 1.24. The molecule has 1 fully saturated rings. The molecule has 1 saturated heterocycles. The van der Waals surface area contributed by atoms with E-state index in [4.69, 9.17) is 33.0 Å². The molecule has 0 unspecified atom stereocenters. The lowest BCUT2D eigenvalue weighted by molar-refractivity contribution is 0.0792. The molecule has 1 atom stereocenters. The van der Waals surface area contributed by atoms with Crippen molar-refractivity contribution in [3.63, 3.8) is 0 Å². The van der Waals surface area contributed by atoms with Crippen molar-refractivity contribution in [1.29, 1.82) is 0 Å². The highest BCUT2D eigenvalue weighted by Gasteiger charge is 2.38. The second kappa shape index (κ2) is 13.8. The first-order valence-electron chi connectivity index (χ1n) is 18.8. The maximum Gasteiger partial charge on any atom is 0.275 e. The van der Waals surface area contributed by atoms with E-state index in [0.29, 0.717) is 42.3 Å². The number of aromatic nitrogens is 4. The van der Waals surface area contributed by atoms with Crippen LogP contribution in [0.25, 0.3) is 32.9 Å². The molecule has 8 rings (SSSR count). The Bertz CT molecular complexity index is 2480. The molecule has 2 amide bonds. The third kappa shape index (κ3) is 5.87. The largest absolute Gasteiger partial charge is 0.494 e. The molecule has 2 aliphatic rings. The Morgan fingerprint density at radius 1 is 0.944 bits per heavy atom. The maximum atomic E-state index is 15.2. The maximum absolute atomic E-state index is 15.2. The van der Waals surface area contributed by atoms with Crippen molar-refractivity contribution in [2.75, 3.05) is 31.1 Å². The van der Waals surface area contributed by atoms with Gasteiger partial charge in [0.25, 0.3) is 11.8 Å². The van der Waals surface area contributed by atoms with Crippen molar-refractivity contribution in [1.82, 2.24) is 23.8 Å². The number of halogens is 2. The average molecular weight is 766 g/mol. The van der Waals surface area contributed by atoms with Gasteiger partial charge in [0.1, 0.15) is 11.4 Å². The predicted octanol–water partition coefficient (Wildman–Crippen LogP) is 9.54. The van der Waals surface area contributed by atoms with E-state index in [9.17, 15) is 4.79 Å². The first kappa shape index (κ1) is 36.3. The molecule has 5 heterocycles. The van der Waals surface area contributed by atoms with Crippen LogP contribution in [0.5, 0.6) is 5.75 Å². The molecule has 280 valence electrons. The molecule has 2 aliphatic heterocycles. The van der Waals surface area contributed by atoms with Crippen molar-refractivity contribution >= 4 is 62.5 Å². The van der Waals surface area contributed by atoms with Crippen molar-refractivity contribution in [2.24, 2.45) is 14.1 Å². The molecule has 6 aromatic rings. The molecule has 0 bridgehead atoms. The van der Waals surface area contributed by atoms with Gasteiger partial charge >= 0.3 is 0 Å². The summed E-state index contributed by atoms with van der Waals surface area (Å²) in [5.74, 6) is 0.750. The van der Waals surface area contributed by atoms with Crippen LogP contribution >= 0.6 is 23.2 Å². The number of aryl methyl sites for hydroxylation is 6. The smallest absolute Gasteiger partial charge is 0.275 e. The summed E-state index contributed by atoms with van der Waals surface area (Å²) in [5.41, 5.74) is 10.7. The first-order valence-corrected chi connectivity index (χ1v) is 19.6. The van der Waals surface area contributed by atoms with E-state index in [1.54, 1.807) is 0 Å². The highest BCUT2D eigenvalue weighted by molar-refractivity contribution is 6.35. The molecule has 0 saturated carbocycles. The fourth-order valence-electron chi connectivity index (χ4n) is 8.76. The number of ether oxygens (including phenoxy) is 1. The van der Waals surface area contributed by atoms with Crippen LogP contribution in [0.15, 0.2) is 48.7 Å². The number of benzene rings is 3. The van der Waals surface area contributed by atoms with Crippen LogP contribution in [-0.2, 0) is 20.5 Å². The van der Waals surface area contributed by atoms with Crippen molar-refractivity contribution in [3.05, 3.63) is 98.0 Å². The fraction of sp³-hybridized carbons (Fsp3) is 0.372. The highest BCUT2D eigenvalue weighted by Crippen LogP contribution is 2.46. The topological polar surface area (TPSA) is 77.5 Å². The molecule has 0 radical (unpaired) electrons. The summed E-state index contributed by atoms with van der Waals surface area (Å²) in [7, 11) is 3.94. The molecule has 9 nitrogen and oxygen atoms in total. The van der Waals surface area contributed by atoms with E-state index >= 15 is 4.79 Å². The number of hydrogen-bond acceptors (Lipinski definition) is 4. The summed E-state index contributed by atoms with van der Waals surface area (Å²) in [6.07, 6.45) is 5.38. The Labute approximate surface area is 326 Å². The highest BCUT2D eigenvalue weighted by atomic mass is 35.5. The Morgan fingerprint density at radius 3 is 2.35 bits per heavy atom. The first-order chi connectivity index (χ1) is 25.8. The number of rotatable bonds is 8. The second-order valence-corrected chi connectivity index (χ2v) is 15.9. The number of nitrogens with zero attached hydrogens (tertiary/aromatic N) is 6. The minimum absolute atomic E-state index is 0.0430. The Hall–Kier alpha value is -4.73. The summed E-state index contributed by atoms with van der Waals surface area (Å²) < 4.78 is 12.4. The van der Waals surface area contributed by atoms with E-state index in [0.717, 1.165) is 103 Å². The molecule has 11 heteroatoms. The number of fused-ring (bicyclic) bond motifs is 4. The number of likely N-dealkylation sites (tertiary alicyclic amines) is 1. The quantitative estimate of drug-likeness (QED) is 0.145. The van der Waals surface area contributed by atoms with Gasteiger partial charge in [-0.2, -0.15) is 5.10 Å². The van der Waals surface area contributed by atoms with E-state index in [1.807, 2.05) is 96.5 Å². The van der Waals surface area contributed by atoms with Crippen molar-refractivity contribution in [3.8, 4) is 16.9 Å². The second-order valence-electron chi connectivity index (χ2n) is 15.1. The monoisotopic (exact) mass is 764 g/mol. The average Bonchev–Trinajstić information content (AvgIpc) is 3.92. The summed E-state index contributed by atoms with van der Waals surface area (Å²) in [5, 5.41) is 8.01. The van der Waals surface area contributed by atoms with Gasteiger partial charge in [-0.3, -0.25) is 14.3 Å². The van der Waals surface area contributed by atoms with E-state index in [2.05, 4.69) is 24.5 Å². The Morgan fingerprint density at radius 2 is 1.67 bits per heavy atom. The van der Waals surface area contributed by atoms with Gasteiger partial charge in [-0.15, -0.1) is 0 Å². The van der Waals surface area contributed by atoms with Crippen LogP contribution in [0.3, 0.4) is 0 Å². The molecule has 3 aromatic carbocycles. The van der Waals surface area contributed by atoms with Crippen LogP contribution in [0.4, 0.5) is 5.69 Å². The zero-order valence-electron chi connectivity index (χ0n) is 32.0. The fourth-order valence-corrected chi connectivity index (χ4v) is 9.12. The molecule has 54 heavy (non-hydrogen) atoms.